The van der Waals surface area contributed by atoms with Crippen LogP contribution in [-0.4, -0.2) is 109 Å². The van der Waals surface area contributed by atoms with Crippen LogP contribution in [0.4, 0.5) is 0 Å². The lowest BCUT2D eigenvalue weighted by Crippen LogP contribution is -2.56. The molecule has 352 valence electrons. The molecule has 6 N–H and O–H groups in total. The first kappa shape index (κ1) is 52.5. The number of halogens is 2. The summed E-state index contributed by atoms with van der Waals surface area (Å²) < 4.78 is 0. The number of likely N-dealkylation sites (tertiary alicyclic amines) is 2. The zero-order chi connectivity index (χ0) is 44.9. The monoisotopic (exact) mass is 932 g/mol. The fraction of sp³-hybridized carbons (Fsp3) is 0.551. The van der Waals surface area contributed by atoms with Crippen molar-refractivity contribution in [3.8, 4) is 23.7 Å². The fourth-order valence-corrected chi connectivity index (χ4v) is 9.37. The molecule has 2 heterocycles. The minimum absolute atomic E-state index is 0. The summed E-state index contributed by atoms with van der Waals surface area (Å²) in [6, 6.07) is 11.5. The predicted molar refractivity (Wildman–Crippen MR) is 255 cm³/mol. The second kappa shape index (κ2) is 25.5. The maximum Gasteiger partial charge on any atom is 0.246 e. The van der Waals surface area contributed by atoms with E-state index < -0.39 is 42.2 Å². The third-order valence-electron chi connectivity index (χ3n) is 13.0. The van der Waals surface area contributed by atoms with Gasteiger partial charge in [0.1, 0.15) is 24.2 Å². The third kappa shape index (κ3) is 13.3. The minimum atomic E-state index is -1.03. The summed E-state index contributed by atoms with van der Waals surface area (Å²) in [4.78, 5) is 85.4. The normalized spacial score (nSPS) is 21.3. The van der Waals surface area contributed by atoms with Gasteiger partial charge < -0.3 is 41.7 Å². The van der Waals surface area contributed by atoms with Crippen LogP contribution in [0.25, 0.3) is 0 Å². The van der Waals surface area contributed by atoms with Gasteiger partial charge in [-0.2, -0.15) is 0 Å². The quantitative estimate of drug-likeness (QED) is 0.147. The highest BCUT2D eigenvalue weighted by Gasteiger charge is 2.40. The first-order valence-electron chi connectivity index (χ1n) is 22.8. The Balaban J connectivity index is 0.00000462. The highest BCUT2D eigenvalue weighted by molar-refractivity contribution is 5.95. The minimum Gasteiger partial charge on any atom is -0.347 e. The topological polar surface area (TPSA) is 181 Å². The molecule has 0 spiro atoms. The molecule has 2 aliphatic heterocycles. The van der Waals surface area contributed by atoms with Crippen molar-refractivity contribution in [3.63, 3.8) is 0 Å². The molecule has 0 unspecified atom stereocenters. The molecule has 2 fully saturated rings. The fourth-order valence-electron chi connectivity index (χ4n) is 9.37. The van der Waals surface area contributed by atoms with Crippen LogP contribution in [-0.2, 0) is 41.6 Å². The molecule has 2 aliphatic carbocycles. The summed E-state index contributed by atoms with van der Waals surface area (Å²) in [7, 11) is 3.33. The van der Waals surface area contributed by atoms with Crippen LogP contribution >= 0.6 is 24.8 Å². The summed E-state index contributed by atoms with van der Waals surface area (Å²) >= 11 is 0. The number of aryl methyl sites for hydroxylation is 2. The molecular weight excluding hydrogens is 867 g/mol. The van der Waals surface area contributed by atoms with Crippen LogP contribution in [0, 0.1) is 23.7 Å². The van der Waals surface area contributed by atoms with Crippen molar-refractivity contribution >= 4 is 60.3 Å². The highest BCUT2D eigenvalue weighted by atomic mass is 35.5. The number of amides is 6. The molecule has 65 heavy (non-hydrogen) atoms. The molecule has 2 saturated heterocycles. The molecule has 8 atom stereocenters. The summed E-state index contributed by atoms with van der Waals surface area (Å²) in [6.45, 7) is 4.31. The number of benzene rings is 2. The lowest BCUT2D eigenvalue weighted by Gasteiger charge is -2.31. The Morgan fingerprint density at radius 3 is 1.49 bits per heavy atom. The first-order valence-corrected chi connectivity index (χ1v) is 22.8. The Labute approximate surface area is 396 Å². The Morgan fingerprint density at radius 2 is 1.06 bits per heavy atom. The van der Waals surface area contributed by atoms with Crippen LogP contribution < -0.4 is 31.9 Å². The Kier molecular flexibility index (Phi) is 20.6. The molecule has 0 saturated carbocycles. The lowest BCUT2D eigenvalue weighted by molar-refractivity contribution is -0.141. The van der Waals surface area contributed by atoms with E-state index in [4.69, 9.17) is 0 Å². The van der Waals surface area contributed by atoms with Crippen LogP contribution in [0.2, 0.25) is 0 Å². The number of nitrogens with one attached hydrogen (secondary N) is 6. The van der Waals surface area contributed by atoms with Gasteiger partial charge in [0, 0.05) is 25.9 Å². The van der Waals surface area contributed by atoms with E-state index in [1.807, 2.05) is 37.3 Å². The predicted octanol–water partition coefficient (Wildman–Crippen LogP) is 3.56. The molecule has 4 aliphatic rings. The highest BCUT2D eigenvalue weighted by Crippen LogP contribution is 2.32. The smallest absolute Gasteiger partial charge is 0.246 e. The van der Waals surface area contributed by atoms with Gasteiger partial charge in [0.25, 0.3) is 0 Å². The van der Waals surface area contributed by atoms with E-state index in [1.165, 1.54) is 11.1 Å². The van der Waals surface area contributed by atoms with Gasteiger partial charge in [-0.3, -0.25) is 28.8 Å². The van der Waals surface area contributed by atoms with Crippen LogP contribution in [0.1, 0.15) is 119 Å². The van der Waals surface area contributed by atoms with Gasteiger partial charge in [0.15, 0.2) is 0 Å². The van der Waals surface area contributed by atoms with Gasteiger partial charge in [0.05, 0.1) is 24.2 Å². The SMILES string of the molecule is CC[C@H](NC)C(=O)N[C@@H](CC#CC#CC[C@H](NC(=O)[C@H](C)NC)C(=O)N1CCC[C@H]1C(=O)N[C@@H]1CCCc2ccccc21)C(=O)N1CCC[C@H]1C(=O)N[C@H]1CCCc2ccccc21.Cl.Cl. The van der Waals surface area contributed by atoms with E-state index >= 15 is 0 Å². The number of nitrogens with zero attached hydrogens (tertiary/aromatic N) is 2. The number of rotatable bonds is 15. The molecule has 6 amide bonds. The third-order valence-corrected chi connectivity index (χ3v) is 13.0. The molecule has 16 heteroatoms. The number of hydrogen-bond donors (Lipinski definition) is 6. The second-order valence-electron chi connectivity index (χ2n) is 17.1. The van der Waals surface area contributed by atoms with Gasteiger partial charge in [-0.15, -0.1) is 24.8 Å². The van der Waals surface area contributed by atoms with E-state index in [-0.39, 0.29) is 79.3 Å². The number of carbonyl (C=O) groups excluding carboxylic acids is 6. The van der Waals surface area contributed by atoms with Crippen LogP contribution in [0.3, 0.4) is 0 Å². The second-order valence-corrected chi connectivity index (χ2v) is 17.1. The first-order chi connectivity index (χ1) is 30.5. The lowest BCUT2D eigenvalue weighted by atomic mass is 9.87. The van der Waals surface area contributed by atoms with E-state index in [0.717, 1.165) is 49.7 Å². The number of fused-ring (bicyclic) bond motifs is 2. The standard InChI is InChI=1S/C49H64N8O6.2ClH/c1-5-37(51-4)45(59)55-41(49(63)57-31-17-29-43(57)47(61)53-39-27-15-21-34-19-11-13-23-36(34)39)25-9-7-6-8-24-40(54-44(58)32(2)50-3)48(62)56-30-16-28-42(56)46(60)52-38-26-14-20-33-18-10-12-22-35(33)38;;/h10-13,18-19,22-23,32,37-43,50-51H,5,14-17,20-21,24-31H2,1-4H3,(H,52,60)(H,53,61)(H,54,58)(H,55,59);2*1H/t32-,37-,38+,39-,40-,41-,42-,43-;;/m0../s1. The largest absolute Gasteiger partial charge is 0.347 e. The van der Waals surface area contributed by atoms with Gasteiger partial charge in [-0.1, -0.05) is 67.3 Å². The molecule has 0 bridgehead atoms. The Hall–Kier alpha value is -5.12. The number of likely N-dealkylation sites (N-methyl/N-ethyl adjacent to an activating group) is 2. The molecule has 0 radical (unpaired) electrons. The average Bonchev–Trinajstić information content (AvgIpc) is 4.01. The van der Waals surface area contributed by atoms with E-state index in [9.17, 15) is 28.8 Å². The number of carbonyl (C=O) groups is 6. The zero-order valence-electron chi connectivity index (χ0n) is 38.0. The average molecular weight is 934 g/mol. The van der Waals surface area contributed by atoms with Gasteiger partial charge >= 0.3 is 0 Å². The molecule has 14 nitrogen and oxygen atoms in total. The van der Waals surface area contributed by atoms with Crippen molar-refractivity contribution < 1.29 is 28.8 Å². The van der Waals surface area contributed by atoms with Crippen molar-refractivity contribution in [2.75, 3.05) is 27.2 Å². The molecule has 0 aromatic heterocycles. The molecule has 2 aromatic rings. The van der Waals surface area contributed by atoms with Gasteiger partial charge in [0.2, 0.25) is 35.4 Å². The van der Waals surface area contributed by atoms with Crippen molar-refractivity contribution in [1.29, 1.82) is 0 Å². The van der Waals surface area contributed by atoms with Crippen LogP contribution in [0.15, 0.2) is 48.5 Å². The van der Waals surface area contributed by atoms with Crippen molar-refractivity contribution in [2.45, 2.75) is 146 Å². The van der Waals surface area contributed by atoms with Crippen molar-refractivity contribution in [1.82, 2.24) is 41.7 Å². The van der Waals surface area contributed by atoms with E-state index in [0.29, 0.717) is 45.2 Å². The summed E-state index contributed by atoms with van der Waals surface area (Å²) in [5, 5.41) is 18.0. The molecule has 6 rings (SSSR count). The van der Waals surface area contributed by atoms with E-state index in [2.05, 4.69) is 73.8 Å². The maximum atomic E-state index is 14.2. The maximum absolute atomic E-state index is 14.2. The van der Waals surface area contributed by atoms with Crippen molar-refractivity contribution in [2.24, 2.45) is 0 Å². The van der Waals surface area contributed by atoms with Crippen molar-refractivity contribution in [3.05, 3.63) is 70.8 Å². The number of hydrogen-bond acceptors (Lipinski definition) is 8. The summed E-state index contributed by atoms with van der Waals surface area (Å²) in [5.74, 6) is 9.48. The molecular formula is C49H66Cl2N8O6. The molecule has 2 aromatic carbocycles. The van der Waals surface area contributed by atoms with Crippen LogP contribution in [0.5, 0.6) is 0 Å². The zero-order valence-corrected chi connectivity index (χ0v) is 39.6. The Morgan fingerprint density at radius 1 is 0.615 bits per heavy atom. The Bertz CT molecular complexity index is 2130. The van der Waals surface area contributed by atoms with E-state index in [1.54, 1.807) is 30.8 Å². The summed E-state index contributed by atoms with van der Waals surface area (Å²) in [6.07, 6.45) is 8.21. The van der Waals surface area contributed by atoms with Gasteiger partial charge in [-0.05, 0) is 126 Å². The van der Waals surface area contributed by atoms with Gasteiger partial charge in [-0.25, -0.2) is 0 Å². The summed E-state index contributed by atoms with van der Waals surface area (Å²) in [5.41, 5.74) is 4.68.